The molecule has 1 saturated carbocycles. The van der Waals surface area contributed by atoms with Crippen molar-refractivity contribution in [2.75, 3.05) is 0 Å². The summed E-state index contributed by atoms with van der Waals surface area (Å²) in [5, 5.41) is 6.03. The predicted octanol–water partition coefficient (Wildman–Crippen LogP) is 1.67. The lowest BCUT2D eigenvalue weighted by Gasteiger charge is -2.40. The highest BCUT2D eigenvalue weighted by molar-refractivity contribution is 5.85. The van der Waals surface area contributed by atoms with Gasteiger partial charge in [0.15, 0.2) is 5.82 Å². The van der Waals surface area contributed by atoms with Crippen LogP contribution < -0.4 is 5.73 Å². The first-order chi connectivity index (χ1) is 6.99. The van der Waals surface area contributed by atoms with E-state index < -0.39 is 11.6 Å². The van der Waals surface area contributed by atoms with Gasteiger partial charge in [-0.3, -0.25) is 5.10 Å². The molecule has 0 bridgehead atoms. The van der Waals surface area contributed by atoms with Crippen LogP contribution >= 0.6 is 12.4 Å². The Kier molecular flexibility index (Phi) is 3.49. The van der Waals surface area contributed by atoms with Gasteiger partial charge in [0, 0.05) is 0 Å². The zero-order valence-electron chi connectivity index (χ0n) is 8.34. The van der Waals surface area contributed by atoms with E-state index in [4.69, 9.17) is 5.73 Å². The normalized spacial score (nSPS) is 18.8. The Morgan fingerprint density at radius 2 is 2.00 bits per heavy atom. The first-order valence-electron chi connectivity index (χ1n) is 4.68. The second-order valence-electron chi connectivity index (χ2n) is 3.74. The molecule has 1 heterocycles. The second-order valence-corrected chi connectivity index (χ2v) is 3.74. The molecule has 92 valence electrons. The molecule has 4 nitrogen and oxygen atoms in total. The first kappa shape index (κ1) is 13.2. The fourth-order valence-electron chi connectivity index (χ4n) is 1.76. The summed E-state index contributed by atoms with van der Waals surface area (Å²) in [5.74, 6) is 0.127. The van der Waals surface area contributed by atoms with Crippen LogP contribution in [0.4, 0.5) is 13.2 Å². The summed E-state index contributed by atoms with van der Waals surface area (Å²) in [7, 11) is 0. The number of alkyl halides is 3. The molecular weight excluding hydrogens is 245 g/mol. The van der Waals surface area contributed by atoms with Gasteiger partial charge in [0.2, 0.25) is 0 Å². The van der Waals surface area contributed by atoms with Gasteiger partial charge in [0.1, 0.15) is 11.2 Å². The van der Waals surface area contributed by atoms with E-state index >= 15 is 0 Å². The molecule has 2 rings (SSSR count). The Morgan fingerprint density at radius 3 is 2.31 bits per heavy atom. The largest absolute Gasteiger partial charge is 0.401 e. The van der Waals surface area contributed by atoms with Crippen LogP contribution in [0.1, 0.15) is 30.9 Å². The van der Waals surface area contributed by atoms with Crippen molar-refractivity contribution in [3.63, 3.8) is 0 Å². The molecule has 0 spiro atoms. The number of aromatic amines is 1. The minimum Gasteiger partial charge on any atom is -0.324 e. The molecule has 1 aliphatic rings. The third kappa shape index (κ3) is 1.78. The Bertz CT molecular complexity index is 358. The fourth-order valence-corrected chi connectivity index (χ4v) is 1.76. The van der Waals surface area contributed by atoms with E-state index in [9.17, 15) is 13.2 Å². The van der Waals surface area contributed by atoms with Gasteiger partial charge in [-0.1, -0.05) is 6.42 Å². The highest BCUT2D eigenvalue weighted by atomic mass is 35.5. The van der Waals surface area contributed by atoms with Crippen LogP contribution in [0.3, 0.4) is 0 Å². The van der Waals surface area contributed by atoms with E-state index in [0.717, 1.165) is 0 Å². The molecule has 1 aliphatic carbocycles. The third-order valence-corrected chi connectivity index (χ3v) is 2.90. The SMILES string of the molecule is Cl.NCc1nc(C2(C(F)(F)F)CCC2)n[nH]1. The number of nitrogens with two attached hydrogens (primary N) is 1. The Labute approximate surface area is 96.2 Å². The van der Waals surface area contributed by atoms with Crippen molar-refractivity contribution in [2.45, 2.75) is 37.4 Å². The zero-order chi connectivity index (χ0) is 11.1. The smallest absolute Gasteiger partial charge is 0.324 e. The van der Waals surface area contributed by atoms with Crippen LogP contribution in [0.15, 0.2) is 0 Å². The number of hydrogen-bond donors (Lipinski definition) is 2. The maximum atomic E-state index is 12.8. The van der Waals surface area contributed by atoms with Gasteiger partial charge in [-0.05, 0) is 12.8 Å². The summed E-state index contributed by atoms with van der Waals surface area (Å²) in [5.41, 5.74) is 3.42. The second kappa shape index (κ2) is 4.21. The molecule has 16 heavy (non-hydrogen) atoms. The molecule has 8 heteroatoms. The molecular formula is C8H12ClF3N4. The molecule has 0 aromatic carbocycles. The maximum Gasteiger partial charge on any atom is 0.401 e. The third-order valence-electron chi connectivity index (χ3n) is 2.90. The summed E-state index contributed by atoms with van der Waals surface area (Å²) in [6.07, 6.45) is -3.58. The van der Waals surface area contributed by atoms with Gasteiger partial charge in [0.25, 0.3) is 0 Å². The van der Waals surface area contributed by atoms with Crippen LogP contribution in [-0.4, -0.2) is 21.4 Å². The number of halogens is 4. The summed E-state index contributed by atoms with van der Waals surface area (Å²) in [4.78, 5) is 3.78. The van der Waals surface area contributed by atoms with Crippen LogP contribution in [-0.2, 0) is 12.0 Å². The van der Waals surface area contributed by atoms with Crippen LogP contribution in [0.25, 0.3) is 0 Å². The van der Waals surface area contributed by atoms with Crippen LogP contribution in [0, 0.1) is 0 Å². The molecule has 1 fully saturated rings. The first-order valence-corrected chi connectivity index (χ1v) is 4.68. The van der Waals surface area contributed by atoms with E-state index in [-0.39, 0.29) is 37.6 Å². The van der Waals surface area contributed by atoms with E-state index in [1.165, 1.54) is 0 Å². The van der Waals surface area contributed by atoms with Crippen molar-refractivity contribution in [1.82, 2.24) is 15.2 Å². The molecule has 1 aromatic rings. The van der Waals surface area contributed by atoms with Crippen molar-refractivity contribution in [1.29, 1.82) is 0 Å². The van der Waals surface area contributed by atoms with Crippen molar-refractivity contribution in [3.8, 4) is 0 Å². The highest BCUT2D eigenvalue weighted by Gasteiger charge is 2.61. The molecule has 0 unspecified atom stereocenters. The van der Waals surface area contributed by atoms with E-state index in [0.29, 0.717) is 12.2 Å². The highest BCUT2D eigenvalue weighted by Crippen LogP contribution is 2.53. The average Bonchev–Trinajstić information content (AvgIpc) is 2.47. The zero-order valence-corrected chi connectivity index (χ0v) is 9.16. The number of H-pyrrole nitrogens is 1. The maximum absolute atomic E-state index is 12.8. The number of aromatic nitrogens is 3. The van der Waals surface area contributed by atoms with Gasteiger partial charge in [0.05, 0.1) is 6.54 Å². The fraction of sp³-hybridized carbons (Fsp3) is 0.750. The number of rotatable bonds is 2. The monoisotopic (exact) mass is 256 g/mol. The van der Waals surface area contributed by atoms with Crippen molar-refractivity contribution < 1.29 is 13.2 Å². The van der Waals surface area contributed by atoms with Crippen molar-refractivity contribution in [2.24, 2.45) is 5.73 Å². The van der Waals surface area contributed by atoms with Crippen LogP contribution in [0.2, 0.25) is 0 Å². The lowest BCUT2D eigenvalue weighted by Crippen LogP contribution is -2.48. The van der Waals surface area contributed by atoms with E-state index in [1.54, 1.807) is 0 Å². The quantitative estimate of drug-likeness (QED) is 0.846. The molecule has 3 N–H and O–H groups in total. The lowest BCUT2D eigenvalue weighted by atomic mass is 9.67. The minimum absolute atomic E-state index is 0. The number of nitrogens with zero attached hydrogens (tertiary/aromatic N) is 2. The molecule has 0 aliphatic heterocycles. The van der Waals surface area contributed by atoms with Gasteiger partial charge in [-0.15, -0.1) is 12.4 Å². The molecule has 1 aromatic heterocycles. The van der Waals surface area contributed by atoms with Gasteiger partial charge < -0.3 is 5.73 Å². The molecule has 0 radical (unpaired) electrons. The average molecular weight is 257 g/mol. The lowest BCUT2D eigenvalue weighted by molar-refractivity contribution is -0.215. The molecule has 0 saturated heterocycles. The van der Waals surface area contributed by atoms with Crippen molar-refractivity contribution >= 4 is 12.4 Å². The predicted molar refractivity (Wildman–Crippen MR) is 53.1 cm³/mol. The number of hydrogen-bond acceptors (Lipinski definition) is 3. The van der Waals surface area contributed by atoms with Gasteiger partial charge in [-0.2, -0.15) is 18.3 Å². The summed E-state index contributed by atoms with van der Waals surface area (Å²) < 4.78 is 38.5. The topological polar surface area (TPSA) is 67.6 Å². The Hall–Kier alpha value is -0.820. The molecule has 0 atom stereocenters. The van der Waals surface area contributed by atoms with E-state index in [2.05, 4.69) is 15.2 Å². The van der Waals surface area contributed by atoms with Crippen molar-refractivity contribution in [3.05, 3.63) is 11.6 Å². The van der Waals surface area contributed by atoms with Gasteiger partial charge >= 0.3 is 6.18 Å². The van der Waals surface area contributed by atoms with Gasteiger partial charge in [-0.25, -0.2) is 4.98 Å². The van der Waals surface area contributed by atoms with Crippen LogP contribution in [0.5, 0.6) is 0 Å². The summed E-state index contributed by atoms with van der Waals surface area (Å²) in [6, 6.07) is 0. The number of nitrogens with one attached hydrogen (secondary N) is 1. The summed E-state index contributed by atoms with van der Waals surface area (Å²) >= 11 is 0. The minimum atomic E-state index is -4.28. The molecule has 0 amide bonds. The standard InChI is InChI=1S/C8H11F3N4.ClH/c9-8(10,11)7(2-1-3-7)6-13-5(4-12)14-15-6;/h1-4,12H2,(H,13,14,15);1H. The Morgan fingerprint density at radius 1 is 1.38 bits per heavy atom. The Balaban J connectivity index is 0.00000128. The summed E-state index contributed by atoms with van der Waals surface area (Å²) in [6.45, 7) is 0.0704. The van der Waals surface area contributed by atoms with E-state index in [1.807, 2.05) is 0 Å².